The largest absolute Gasteiger partial charge is 0.502 e. The lowest BCUT2D eigenvalue weighted by Crippen LogP contribution is -2.38. The van der Waals surface area contributed by atoms with Crippen LogP contribution in [0.25, 0.3) is 0 Å². The summed E-state index contributed by atoms with van der Waals surface area (Å²) in [6.45, 7) is 1.01. The molecule has 0 atom stereocenters. The Morgan fingerprint density at radius 3 is 2.72 bits per heavy atom. The highest BCUT2D eigenvalue weighted by Gasteiger charge is 2.32. The van der Waals surface area contributed by atoms with Crippen LogP contribution in [0.15, 0.2) is 21.5 Å². The molecule has 2 rings (SSSR count). The SMILES string of the molecule is CN(Cc1cc(=O)c(O)co1)CC1(O)CCCC1. The first-order valence-electron chi connectivity index (χ1n) is 6.20. The lowest BCUT2D eigenvalue weighted by Gasteiger charge is -2.28. The smallest absolute Gasteiger partial charge is 0.226 e. The minimum atomic E-state index is -0.605. The van der Waals surface area contributed by atoms with E-state index in [9.17, 15) is 9.90 Å². The van der Waals surface area contributed by atoms with Gasteiger partial charge in [0.25, 0.3) is 0 Å². The zero-order valence-electron chi connectivity index (χ0n) is 10.6. The highest BCUT2D eigenvalue weighted by molar-refractivity contribution is 5.15. The van der Waals surface area contributed by atoms with E-state index in [0.717, 1.165) is 31.9 Å². The first-order chi connectivity index (χ1) is 8.48. The molecule has 18 heavy (non-hydrogen) atoms. The molecule has 5 nitrogen and oxygen atoms in total. The van der Waals surface area contributed by atoms with Crippen molar-refractivity contribution in [1.82, 2.24) is 4.90 Å². The third kappa shape index (κ3) is 3.11. The quantitative estimate of drug-likeness (QED) is 0.840. The van der Waals surface area contributed by atoms with Crippen molar-refractivity contribution in [2.45, 2.75) is 37.8 Å². The fourth-order valence-corrected chi connectivity index (χ4v) is 2.54. The second-order valence-corrected chi connectivity index (χ2v) is 5.20. The number of likely N-dealkylation sites (N-methyl/N-ethyl adjacent to an activating group) is 1. The van der Waals surface area contributed by atoms with Crippen LogP contribution >= 0.6 is 0 Å². The van der Waals surface area contributed by atoms with Gasteiger partial charge in [0.2, 0.25) is 5.43 Å². The van der Waals surface area contributed by atoms with Crippen LogP contribution in [0.1, 0.15) is 31.4 Å². The first kappa shape index (κ1) is 13.1. The van der Waals surface area contributed by atoms with E-state index in [1.807, 2.05) is 11.9 Å². The molecule has 1 aromatic rings. The van der Waals surface area contributed by atoms with E-state index >= 15 is 0 Å². The summed E-state index contributed by atoms with van der Waals surface area (Å²) in [7, 11) is 1.88. The van der Waals surface area contributed by atoms with Crippen molar-refractivity contribution in [2.24, 2.45) is 0 Å². The van der Waals surface area contributed by atoms with Crippen molar-refractivity contribution in [1.29, 1.82) is 0 Å². The van der Waals surface area contributed by atoms with Gasteiger partial charge in [-0.05, 0) is 19.9 Å². The van der Waals surface area contributed by atoms with Gasteiger partial charge in [-0.2, -0.15) is 0 Å². The normalized spacial score (nSPS) is 18.4. The van der Waals surface area contributed by atoms with E-state index < -0.39 is 11.0 Å². The molecule has 1 saturated carbocycles. The van der Waals surface area contributed by atoms with Gasteiger partial charge in [-0.15, -0.1) is 0 Å². The Morgan fingerprint density at radius 1 is 1.44 bits per heavy atom. The molecule has 1 fully saturated rings. The zero-order valence-corrected chi connectivity index (χ0v) is 10.6. The molecule has 1 aliphatic carbocycles. The van der Waals surface area contributed by atoms with Crippen LogP contribution in [0.2, 0.25) is 0 Å². The average molecular weight is 253 g/mol. The van der Waals surface area contributed by atoms with E-state index in [0.29, 0.717) is 18.8 Å². The highest BCUT2D eigenvalue weighted by atomic mass is 16.4. The molecule has 0 aromatic carbocycles. The molecular weight excluding hydrogens is 234 g/mol. The lowest BCUT2D eigenvalue weighted by atomic mass is 10.0. The number of nitrogens with zero attached hydrogens (tertiary/aromatic N) is 1. The Bertz CT molecular complexity index is 462. The predicted octanol–water partition coefficient (Wildman–Crippen LogP) is 1.08. The summed E-state index contributed by atoms with van der Waals surface area (Å²) in [4.78, 5) is 13.2. The average Bonchev–Trinajstić information content (AvgIpc) is 2.70. The topological polar surface area (TPSA) is 73.9 Å². The van der Waals surface area contributed by atoms with Crippen molar-refractivity contribution in [3.05, 3.63) is 28.3 Å². The maximum atomic E-state index is 11.3. The predicted molar refractivity (Wildman–Crippen MR) is 66.4 cm³/mol. The first-order valence-corrected chi connectivity index (χ1v) is 6.20. The third-order valence-corrected chi connectivity index (χ3v) is 3.39. The summed E-state index contributed by atoms with van der Waals surface area (Å²) in [5, 5.41) is 19.4. The number of hydrogen-bond donors (Lipinski definition) is 2. The molecule has 1 aromatic heterocycles. The van der Waals surface area contributed by atoms with Gasteiger partial charge >= 0.3 is 0 Å². The van der Waals surface area contributed by atoms with E-state index in [-0.39, 0.29) is 5.75 Å². The van der Waals surface area contributed by atoms with Crippen LogP contribution in [-0.4, -0.2) is 34.3 Å². The third-order valence-electron chi connectivity index (χ3n) is 3.39. The molecule has 0 unspecified atom stereocenters. The van der Waals surface area contributed by atoms with Crippen LogP contribution in [0, 0.1) is 0 Å². The van der Waals surface area contributed by atoms with Gasteiger partial charge in [-0.1, -0.05) is 12.8 Å². The number of aliphatic hydroxyl groups is 1. The van der Waals surface area contributed by atoms with Gasteiger partial charge in [-0.3, -0.25) is 9.69 Å². The van der Waals surface area contributed by atoms with Crippen LogP contribution in [-0.2, 0) is 6.54 Å². The molecule has 0 bridgehead atoms. The second kappa shape index (κ2) is 5.12. The Hall–Kier alpha value is -1.33. The minimum Gasteiger partial charge on any atom is -0.502 e. The zero-order chi connectivity index (χ0) is 13.2. The van der Waals surface area contributed by atoms with Gasteiger partial charge in [-0.25, -0.2) is 0 Å². The summed E-state index contributed by atoms with van der Waals surface area (Å²) < 4.78 is 5.13. The van der Waals surface area contributed by atoms with Crippen LogP contribution in [0.3, 0.4) is 0 Å². The Morgan fingerprint density at radius 2 is 2.11 bits per heavy atom. The second-order valence-electron chi connectivity index (χ2n) is 5.20. The van der Waals surface area contributed by atoms with E-state index in [1.165, 1.54) is 6.07 Å². The summed E-state index contributed by atoms with van der Waals surface area (Å²) >= 11 is 0. The van der Waals surface area contributed by atoms with Gasteiger partial charge in [0.15, 0.2) is 5.75 Å². The standard InChI is InChI=1S/C13H19NO4/c1-14(9-13(17)4-2-3-5-13)7-10-6-11(15)12(16)8-18-10/h6,8,16-17H,2-5,7,9H2,1H3. The van der Waals surface area contributed by atoms with Crippen LogP contribution in [0.4, 0.5) is 0 Å². The van der Waals surface area contributed by atoms with Crippen LogP contribution < -0.4 is 5.43 Å². The fourth-order valence-electron chi connectivity index (χ4n) is 2.54. The maximum absolute atomic E-state index is 11.3. The molecule has 2 N–H and O–H groups in total. The Kier molecular flexibility index (Phi) is 3.73. The van der Waals surface area contributed by atoms with Crippen LogP contribution in [0.5, 0.6) is 5.75 Å². The molecule has 1 aliphatic rings. The molecule has 0 radical (unpaired) electrons. The molecule has 1 heterocycles. The summed E-state index contributed by atoms with van der Waals surface area (Å²) in [5.74, 6) is 0.109. The summed E-state index contributed by atoms with van der Waals surface area (Å²) in [6, 6.07) is 1.28. The van der Waals surface area contributed by atoms with Gasteiger partial charge in [0, 0.05) is 12.6 Å². The Labute approximate surface area is 106 Å². The van der Waals surface area contributed by atoms with Crippen molar-refractivity contribution < 1.29 is 14.6 Å². The van der Waals surface area contributed by atoms with Crippen molar-refractivity contribution in [3.63, 3.8) is 0 Å². The minimum absolute atomic E-state index is 0.379. The maximum Gasteiger partial charge on any atom is 0.226 e. The van der Waals surface area contributed by atoms with Crippen molar-refractivity contribution >= 4 is 0 Å². The molecule has 5 heteroatoms. The molecular formula is C13H19NO4. The number of rotatable bonds is 4. The molecule has 100 valence electrons. The van der Waals surface area contributed by atoms with Gasteiger partial charge in [0.05, 0.1) is 12.1 Å². The molecule has 0 saturated heterocycles. The number of aromatic hydroxyl groups is 1. The fraction of sp³-hybridized carbons (Fsp3) is 0.615. The van der Waals surface area contributed by atoms with Gasteiger partial charge < -0.3 is 14.6 Å². The molecule has 0 aliphatic heterocycles. The van der Waals surface area contributed by atoms with Crippen molar-refractivity contribution in [3.8, 4) is 5.75 Å². The molecule has 0 amide bonds. The monoisotopic (exact) mass is 253 g/mol. The van der Waals surface area contributed by atoms with E-state index in [2.05, 4.69) is 0 Å². The lowest BCUT2D eigenvalue weighted by molar-refractivity contribution is 0.0130. The highest BCUT2D eigenvalue weighted by Crippen LogP contribution is 2.30. The number of hydrogen-bond acceptors (Lipinski definition) is 5. The summed E-state index contributed by atoms with van der Waals surface area (Å²) in [5.41, 5.74) is -1.05. The Balaban J connectivity index is 1.96. The molecule has 0 spiro atoms. The van der Waals surface area contributed by atoms with E-state index in [1.54, 1.807) is 0 Å². The summed E-state index contributed by atoms with van der Waals surface area (Å²) in [6.07, 6.45) is 4.85. The van der Waals surface area contributed by atoms with Crippen molar-refractivity contribution in [2.75, 3.05) is 13.6 Å². The van der Waals surface area contributed by atoms with Gasteiger partial charge in [0.1, 0.15) is 12.0 Å². The van der Waals surface area contributed by atoms with E-state index in [4.69, 9.17) is 9.52 Å².